The number of amides is 2. The zero-order valence-electron chi connectivity index (χ0n) is 15.3. The van der Waals surface area contributed by atoms with Gasteiger partial charge in [0.15, 0.2) is 11.6 Å². The highest BCUT2D eigenvalue weighted by Crippen LogP contribution is 2.17. The summed E-state index contributed by atoms with van der Waals surface area (Å²) in [5.74, 6) is -2.82. The fourth-order valence-electron chi connectivity index (χ4n) is 2.80. The van der Waals surface area contributed by atoms with Crippen molar-refractivity contribution < 1.29 is 18.4 Å². The minimum absolute atomic E-state index is 0.139. The molecule has 0 aliphatic rings. The van der Waals surface area contributed by atoms with Crippen molar-refractivity contribution >= 4 is 23.2 Å². The van der Waals surface area contributed by atoms with E-state index in [1.54, 1.807) is 0 Å². The number of hydrogen-bond donors (Lipinski definition) is 2. The van der Waals surface area contributed by atoms with Crippen LogP contribution in [0.15, 0.2) is 60.7 Å². The molecule has 0 heterocycles. The van der Waals surface area contributed by atoms with Gasteiger partial charge in [0.05, 0.1) is 0 Å². The van der Waals surface area contributed by atoms with Gasteiger partial charge in [0, 0.05) is 28.6 Å². The normalized spacial score (nSPS) is 10.4. The summed E-state index contributed by atoms with van der Waals surface area (Å²) in [6.07, 6.45) is 0. The van der Waals surface area contributed by atoms with Gasteiger partial charge in [0.2, 0.25) is 0 Å². The number of aryl methyl sites for hydroxylation is 2. The van der Waals surface area contributed by atoms with Crippen molar-refractivity contribution in [1.82, 2.24) is 0 Å². The third-order valence-corrected chi connectivity index (χ3v) is 4.07. The van der Waals surface area contributed by atoms with Crippen molar-refractivity contribution in [3.05, 3.63) is 94.6 Å². The standard InChI is InChI=1S/C22H18F2N2O2/c1-13-9-14(2)11-18(10-13)26-22(28)16-5-3-15(4-6-16)21(27)25-17-7-8-19(23)20(24)12-17/h3-12H,1-2H3,(H,25,27)(H,26,28). The van der Waals surface area contributed by atoms with Crippen LogP contribution in [-0.2, 0) is 0 Å². The molecule has 0 aliphatic heterocycles. The highest BCUT2D eigenvalue weighted by Gasteiger charge is 2.11. The summed E-state index contributed by atoms with van der Waals surface area (Å²) in [6.45, 7) is 3.89. The summed E-state index contributed by atoms with van der Waals surface area (Å²) in [6, 6.07) is 14.9. The topological polar surface area (TPSA) is 58.2 Å². The van der Waals surface area contributed by atoms with Gasteiger partial charge in [0.1, 0.15) is 0 Å². The van der Waals surface area contributed by atoms with Crippen molar-refractivity contribution in [2.24, 2.45) is 0 Å². The Morgan fingerprint density at radius 2 is 1.14 bits per heavy atom. The molecule has 4 nitrogen and oxygen atoms in total. The molecule has 0 spiro atoms. The van der Waals surface area contributed by atoms with Gasteiger partial charge in [-0.1, -0.05) is 6.07 Å². The molecular weight excluding hydrogens is 362 g/mol. The van der Waals surface area contributed by atoms with Crippen molar-refractivity contribution in [3.8, 4) is 0 Å². The molecule has 6 heteroatoms. The van der Waals surface area contributed by atoms with Crippen LogP contribution in [0.5, 0.6) is 0 Å². The largest absolute Gasteiger partial charge is 0.322 e. The van der Waals surface area contributed by atoms with Crippen LogP contribution in [0.3, 0.4) is 0 Å². The zero-order valence-corrected chi connectivity index (χ0v) is 15.3. The number of nitrogens with one attached hydrogen (secondary N) is 2. The Labute approximate surface area is 161 Å². The van der Waals surface area contributed by atoms with Crippen LogP contribution in [0, 0.1) is 25.5 Å². The monoisotopic (exact) mass is 380 g/mol. The zero-order chi connectivity index (χ0) is 20.3. The molecule has 142 valence electrons. The molecule has 0 saturated carbocycles. The molecule has 0 saturated heterocycles. The number of carbonyl (C=O) groups is 2. The molecule has 2 N–H and O–H groups in total. The Bertz CT molecular complexity index is 1030. The second-order valence-electron chi connectivity index (χ2n) is 6.49. The maximum Gasteiger partial charge on any atom is 0.255 e. The number of carbonyl (C=O) groups excluding carboxylic acids is 2. The molecule has 0 bridgehead atoms. The van der Waals surface area contributed by atoms with Crippen LogP contribution in [0.2, 0.25) is 0 Å². The van der Waals surface area contributed by atoms with E-state index in [1.165, 1.54) is 30.3 Å². The van der Waals surface area contributed by atoms with Gasteiger partial charge in [0.25, 0.3) is 11.8 Å². The number of hydrogen-bond acceptors (Lipinski definition) is 2. The fraction of sp³-hybridized carbons (Fsp3) is 0.0909. The molecule has 0 atom stereocenters. The Kier molecular flexibility index (Phi) is 5.49. The summed E-state index contributed by atoms with van der Waals surface area (Å²) in [5.41, 5.74) is 3.60. The van der Waals surface area contributed by atoms with Crippen LogP contribution >= 0.6 is 0 Å². The van der Waals surface area contributed by atoms with Gasteiger partial charge in [-0.15, -0.1) is 0 Å². The van der Waals surface area contributed by atoms with E-state index in [-0.39, 0.29) is 17.2 Å². The Balaban J connectivity index is 1.68. The van der Waals surface area contributed by atoms with Crippen LogP contribution in [-0.4, -0.2) is 11.8 Å². The van der Waals surface area contributed by atoms with Gasteiger partial charge in [-0.2, -0.15) is 0 Å². The lowest BCUT2D eigenvalue weighted by molar-refractivity contribution is 0.101. The highest BCUT2D eigenvalue weighted by molar-refractivity contribution is 6.07. The second kappa shape index (κ2) is 8.00. The summed E-state index contributed by atoms with van der Waals surface area (Å²) >= 11 is 0. The Morgan fingerprint density at radius 3 is 1.64 bits per heavy atom. The summed E-state index contributed by atoms with van der Waals surface area (Å²) < 4.78 is 26.2. The number of benzene rings is 3. The van der Waals surface area contributed by atoms with Gasteiger partial charge in [-0.25, -0.2) is 8.78 Å². The molecule has 28 heavy (non-hydrogen) atoms. The van der Waals surface area contributed by atoms with Crippen LogP contribution in [0.1, 0.15) is 31.8 Å². The predicted molar refractivity (Wildman–Crippen MR) is 105 cm³/mol. The maximum atomic E-state index is 13.2. The minimum atomic E-state index is -1.05. The molecule has 0 unspecified atom stereocenters. The molecule has 0 fully saturated rings. The first-order valence-electron chi connectivity index (χ1n) is 8.58. The molecule has 3 aromatic rings. The third kappa shape index (κ3) is 4.59. The lowest BCUT2D eigenvalue weighted by Crippen LogP contribution is -2.14. The fourth-order valence-corrected chi connectivity index (χ4v) is 2.80. The van der Waals surface area contributed by atoms with E-state index in [1.807, 2.05) is 32.0 Å². The van der Waals surface area contributed by atoms with Crippen molar-refractivity contribution in [1.29, 1.82) is 0 Å². The average Bonchev–Trinajstić information content (AvgIpc) is 2.64. The predicted octanol–water partition coefficient (Wildman–Crippen LogP) is 5.09. The number of halogens is 2. The summed E-state index contributed by atoms with van der Waals surface area (Å²) in [5, 5.41) is 5.30. The van der Waals surface area contributed by atoms with E-state index in [9.17, 15) is 18.4 Å². The first kappa shape index (κ1) is 19.2. The van der Waals surface area contributed by atoms with Crippen LogP contribution in [0.4, 0.5) is 20.2 Å². The Morgan fingerprint density at radius 1 is 0.643 bits per heavy atom. The van der Waals surface area contributed by atoms with E-state index in [4.69, 9.17) is 0 Å². The quantitative estimate of drug-likeness (QED) is 0.663. The van der Waals surface area contributed by atoms with Crippen molar-refractivity contribution in [2.45, 2.75) is 13.8 Å². The van der Waals surface area contributed by atoms with Gasteiger partial charge in [-0.05, 0) is 73.5 Å². The van der Waals surface area contributed by atoms with E-state index < -0.39 is 17.5 Å². The lowest BCUT2D eigenvalue weighted by Gasteiger charge is -2.09. The molecule has 0 aromatic heterocycles. The van der Waals surface area contributed by atoms with Gasteiger partial charge in [-0.3, -0.25) is 9.59 Å². The van der Waals surface area contributed by atoms with E-state index in [2.05, 4.69) is 10.6 Å². The van der Waals surface area contributed by atoms with E-state index in [0.717, 1.165) is 23.3 Å². The minimum Gasteiger partial charge on any atom is -0.322 e. The molecule has 0 aliphatic carbocycles. The SMILES string of the molecule is Cc1cc(C)cc(NC(=O)c2ccc(C(=O)Nc3ccc(F)c(F)c3)cc2)c1. The molecular formula is C22H18F2N2O2. The maximum absolute atomic E-state index is 13.2. The first-order valence-corrected chi connectivity index (χ1v) is 8.58. The molecule has 3 aromatic carbocycles. The lowest BCUT2D eigenvalue weighted by atomic mass is 10.1. The highest BCUT2D eigenvalue weighted by atomic mass is 19.2. The van der Waals surface area contributed by atoms with Crippen molar-refractivity contribution in [3.63, 3.8) is 0 Å². The number of rotatable bonds is 4. The number of anilines is 2. The first-order chi connectivity index (χ1) is 13.3. The third-order valence-electron chi connectivity index (χ3n) is 4.07. The molecule has 3 rings (SSSR count). The summed E-state index contributed by atoms with van der Waals surface area (Å²) in [7, 11) is 0. The van der Waals surface area contributed by atoms with Gasteiger partial charge >= 0.3 is 0 Å². The van der Waals surface area contributed by atoms with Crippen LogP contribution in [0.25, 0.3) is 0 Å². The molecule has 0 radical (unpaired) electrons. The second-order valence-corrected chi connectivity index (χ2v) is 6.49. The Hall–Kier alpha value is -3.54. The van der Waals surface area contributed by atoms with E-state index >= 15 is 0 Å². The van der Waals surface area contributed by atoms with Crippen molar-refractivity contribution in [2.75, 3.05) is 10.6 Å². The average molecular weight is 380 g/mol. The smallest absolute Gasteiger partial charge is 0.255 e. The van der Waals surface area contributed by atoms with Crippen LogP contribution < -0.4 is 10.6 Å². The van der Waals surface area contributed by atoms with E-state index in [0.29, 0.717) is 11.3 Å². The summed E-state index contributed by atoms with van der Waals surface area (Å²) in [4.78, 5) is 24.6. The van der Waals surface area contributed by atoms with Gasteiger partial charge < -0.3 is 10.6 Å². The molecule has 2 amide bonds.